The molecule has 5 nitrogen and oxygen atoms in total. The first-order chi connectivity index (χ1) is 9.13. The van der Waals surface area contributed by atoms with E-state index in [2.05, 4.69) is 5.10 Å². The molecule has 0 spiro atoms. The number of anilines is 1. The highest BCUT2D eigenvalue weighted by Gasteiger charge is 2.07. The predicted octanol–water partition coefficient (Wildman–Crippen LogP) is 1.53. The van der Waals surface area contributed by atoms with E-state index < -0.39 is 6.10 Å². The van der Waals surface area contributed by atoms with Crippen molar-refractivity contribution in [1.82, 2.24) is 9.78 Å². The third-order valence-electron chi connectivity index (χ3n) is 2.42. The summed E-state index contributed by atoms with van der Waals surface area (Å²) in [6.07, 6.45) is 3.15. The van der Waals surface area contributed by atoms with Crippen LogP contribution in [0.15, 0.2) is 41.6 Å². The number of aliphatic hydroxyl groups is 1. The van der Waals surface area contributed by atoms with E-state index in [1.807, 2.05) is 25.4 Å². The monoisotopic (exact) mass is 279 g/mol. The third kappa shape index (κ3) is 4.50. The number of aliphatic hydroxyl groups excluding tert-OH is 1. The third-order valence-corrected chi connectivity index (χ3v) is 3.52. The maximum Gasteiger partial charge on any atom is 0.121 e. The molecule has 102 valence electrons. The molecule has 0 aliphatic heterocycles. The average molecular weight is 279 g/mol. The van der Waals surface area contributed by atoms with Crippen molar-refractivity contribution in [1.29, 1.82) is 0 Å². The van der Waals surface area contributed by atoms with Crippen LogP contribution < -0.4 is 10.5 Å². The molecule has 0 aliphatic carbocycles. The van der Waals surface area contributed by atoms with Crippen molar-refractivity contribution in [2.45, 2.75) is 11.0 Å². The van der Waals surface area contributed by atoms with Gasteiger partial charge in [0.2, 0.25) is 0 Å². The quantitative estimate of drug-likeness (QED) is 0.620. The van der Waals surface area contributed by atoms with Crippen molar-refractivity contribution in [2.24, 2.45) is 7.05 Å². The van der Waals surface area contributed by atoms with Crippen molar-refractivity contribution in [3.05, 3.63) is 36.7 Å². The molecule has 1 heterocycles. The van der Waals surface area contributed by atoms with Gasteiger partial charge in [0.1, 0.15) is 12.4 Å². The Hall–Kier alpha value is -1.66. The predicted molar refractivity (Wildman–Crippen MR) is 76.3 cm³/mol. The fraction of sp³-hybridized carbons (Fsp3) is 0.308. The molecule has 3 N–H and O–H groups in total. The summed E-state index contributed by atoms with van der Waals surface area (Å²) >= 11 is 1.55. The van der Waals surface area contributed by atoms with Crippen LogP contribution >= 0.6 is 11.8 Å². The van der Waals surface area contributed by atoms with E-state index in [0.717, 1.165) is 4.90 Å². The second kappa shape index (κ2) is 6.49. The summed E-state index contributed by atoms with van der Waals surface area (Å²) in [7, 11) is 1.86. The van der Waals surface area contributed by atoms with Gasteiger partial charge in [-0.3, -0.25) is 4.68 Å². The molecule has 1 unspecified atom stereocenters. The van der Waals surface area contributed by atoms with Crippen LogP contribution in [0.25, 0.3) is 0 Å². The molecule has 6 heteroatoms. The van der Waals surface area contributed by atoms with Gasteiger partial charge in [-0.1, -0.05) is 6.07 Å². The van der Waals surface area contributed by atoms with Crippen LogP contribution in [0.5, 0.6) is 5.75 Å². The zero-order chi connectivity index (χ0) is 13.7. The SMILES string of the molecule is Cn1cc(SCC(O)COc2cccc(N)c2)cn1. The lowest BCUT2D eigenvalue weighted by Crippen LogP contribution is -2.20. The van der Waals surface area contributed by atoms with E-state index in [9.17, 15) is 5.11 Å². The Labute approximate surface area is 116 Å². The lowest BCUT2D eigenvalue weighted by molar-refractivity contribution is 0.126. The number of aromatic nitrogens is 2. The minimum atomic E-state index is -0.536. The number of nitrogen functional groups attached to an aromatic ring is 1. The summed E-state index contributed by atoms with van der Waals surface area (Å²) in [5.41, 5.74) is 6.30. The number of nitrogens with two attached hydrogens (primary N) is 1. The van der Waals surface area contributed by atoms with Gasteiger partial charge in [-0.25, -0.2) is 0 Å². The summed E-state index contributed by atoms with van der Waals surface area (Å²) in [5.74, 6) is 1.24. The number of hydrogen-bond acceptors (Lipinski definition) is 5. The normalized spacial score (nSPS) is 12.3. The van der Waals surface area contributed by atoms with Crippen LogP contribution in [0.1, 0.15) is 0 Å². The maximum absolute atomic E-state index is 9.84. The average Bonchev–Trinajstić information content (AvgIpc) is 2.80. The lowest BCUT2D eigenvalue weighted by atomic mass is 10.3. The molecular formula is C13H17N3O2S. The van der Waals surface area contributed by atoms with E-state index in [-0.39, 0.29) is 6.61 Å². The van der Waals surface area contributed by atoms with Gasteiger partial charge < -0.3 is 15.6 Å². The highest BCUT2D eigenvalue weighted by atomic mass is 32.2. The van der Waals surface area contributed by atoms with Crippen LogP contribution in [-0.2, 0) is 7.05 Å². The summed E-state index contributed by atoms with van der Waals surface area (Å²) in [6, 6.07) is 7.17. The minimum Gasteiger partial charge on any atom is -0.491 e. The highest BCUT2D eigenvalue weighted by molar-refractivity contribution is 7.99. The second-order valence-electron chi connectivity index (χ2n) is 4.20. The zero-order valence-electron chi connectivity index (χ0n) is 10.7. The summed E-state index contributed by atoms with van der Waals surface area (Å²) < 4.78 is 7.21. The Morgan fingerprint density at radius 2 is 2.37 bits per heavy atom. The van der Waals surface area contributed by atoms with Gasteiger partial charge in [0.05, 0.1) is 12.3 Å². The standard InChI is InChI=1S/C13H17N3O2S/c1-16-7-13(6-15-16)19-9-11(17)8-18-12-4-2-3-10(14)5-12/h2-7,11,17H,8-9,14H2,1H3. The molecule has 0 radical (unpaired) electrons. The molecular weight excluding hydrogens is 262 g/mol. The van der Waals surface area contributed by atoms with E-state index in [1.165, 1.54) is 0 Å². The maximum atomic E-state index is 9.84. The van der Waals surface area contributed by atoms with Crippen LogP contribution in [0, 0.1) is 0 Å². The topological polar surface area (TPSA) is 73.3 Å². The number of thioether (sulfide) groups is 1. The van der Waals surface area contributed by atoms with E-state index >= 15 is 0 Å². The first-order valence-electron chi connectivity index (χ1n) is 5.91. The summed E-state index contributed by atoms with van der Waals surface area (Å²) in [6.45, 7) is 0.247. The van der Waals surface area contributed by atoms with Gasteiger partial charge in [0.15, 0.2) is 0 Å². The molecule has 1 atom stereocenters. The highest BCUT2D eigenvalue weighted by Crippen LogP contribution is 2.18. The molecule has 2 aromatic rings. The number of nitrogens with zero attached hydrogens (tertiary/aromatic N) is 2. The van der Waals surface area contributed by atoms with Gasteiger partial charge in [-0.05, 0) is 12.1 Å². The van der Waals surface area contributed by atoms with E-state index in [0.29, 0.717) is 17.2 Å². The minimum absolute atomic E-state index is 0.247. The molecule has 0 amide bonds. The smallest absolute Gasteiger partial charge is 0.121 e. The van der Waals surface area contributed by atoms with Crippen molar-refractivity contribution < 1.29 is 9.84 Å². The summed E-state index contributed by atoms with van der Waals surface area (Å²) in [4.78, 5) is 1.03. The van der Waals surface area contributed by atoms with Gasteiger partial charge in [0.25, 0.3) is 0 Å². The Morgan fingerprint density at radius 1 is 1.53 bits per heavy atom. The fourth-order valence-electron chi connectivity index (χ4n) is 1.51. The van der Waals surface area contributed by atoms with Gasteiger partial charge in [-0.15, -0.1) is 11.8 Å². The van der Waals surface area contributed by atoms with Crippen LogP contribution in [0.4, 0.5) is 5.69 Å². The lowest BCUT2D eigenvalue weighted by Gasteiger charge is -2.11. The first-order valence-corrected chi connectivity index (χ1v) is 6.90. The van der Waals surface area contributed by atoms with Gasteiger partial charge >= 0.3 is 0 Å². The molecule has 1 aromatic carbocycles. The number of hydrogen-bond donors (Lipinski definition) is 2. The van der Waals surface area contributed by atoms with E-state index in [4.69, 9.17) is 10.5 Å². The molecule has 0 aliphatic rings. The van der Waals surface area contributed by atoms with Crippen molar-refractivity contribution in [3.63, 3.8) is 0 Å². The molecule has 1 aromatic heterocycles. The zero-order valence-corrected chi connectivity index (χ0v) is 11.5. The van der Waals surface area contributed by atoms with Gasteiger partial charge in [0, 0.05) is 35.6 Å². The Morgan fingerprint density at radius 3 is 3.05 bits per heavy atom. The van der Waals surface area contributed by atoms with Crippen molar-refractivity contribution >= 4 is 17.4 Å². The molecule has 19 heavy (non-hydrogen) atoms. The molecule has 0 saturated heterocycles. The second-order valence-corrected chi connectivity index (χ2v) is 5.29. The largest absolute Gasteiger partial charge is 0.491 e. The Balaban J connectivity index is 1.74. The number of rotatable bonds is 6. The molecule has 2 rings (SSSR count). The summed E-state index contributed by atoms with van der Waals surface area (Å²) in [5, 5.41) is 13.9. The number of ether oxygens (including phenoxy) is 1. The first kappa shape index (κ1) is 13.8. The van der Waals surface area contributed by atoms with Crippen molar-refractivity contribution in [3.8, 4) is 5.75 Å². The van der Waals surface area contributed by atoms with Crippen LogP contribution in [-0.4, -0.2) is 33.4 Å². The van der Waals surface area contributed by atoms with Crippen LogP contribution in [0.3, 0.4) is 0 Å². The van der Waals surface area contributed by atoms with Gasteiger partial charge in [-0.2, -0.15) is 5.10 Å². The Kier molecular flexibility index (Phi) is 4.70. The number of aryl methyl sites for hydroxylation is 1. The number of benzene rings is 1. The molecule has 0 fully saturated rings. The van der Waals surface area contributed by atoms with E-state index in [1.54, 1.807) is 34.8 Å². The fourth-order valence-corrected chi connectivity index (χ4v) is 2.34. The molecule has 0 saturated carbocycles. The van der Waals surface area contributed by atoms with Crippen LogP contribution in [0.2, 0.25) is 0 Å². The van der Waals surface area contributed by atoms with Crippen molar-refractivity contribution in [2.75, 3.05) is 18.1 Å². The Bertz CT molecular complexity index is 530. The molecule has 0 bridgehead atoms.